The molecule has 8 atom stereocenters. The molecule has 4 heterocycles. The van der Waals surface area contributed by atoms with E-state index in [-0.39, 0.29) is 40.8 Å². The largest absolute Gasteiger partial charge is 0.477 e. The summed E-state index contributed by atoms with van der Waals surface area (Å²) in [5, 5.41) is 51.9. The lowest BCUT2D eigenvalue weighted by atomic mass is 9.79. The first-order valence-electron chi connectivity index (χ1n) is 11.2. The van der Waals surface area contributed by atoms with Crippen LogP contribution in [0.3, 0.4) is 0 Å². The monoisotopic (exact) mass is 501 g/mol. The topological polar surface area (TPSA) is 197 Å². The Morgan fingerprint density at radius 3 is 2.26 bits per heavy atom. The third-order valence-corrected chi connectivity index (χ3v) is 8.42. The van der Waals surface area contributed by atoms with E-state index in [2.05, 4.69) is 10.6 Å². The van der Waals surface area contributed by atoms with Crippen LogP contribution in [0.2, 0.25) is 0 Å². The molecule has 190 valence electrons. The summed E-state index contributed by atoms with van der Waals surface area (Å²) in [4.78, 5) is 44.6. The fourth-order valence-electron chi connectivity index (χ4n) is 5.24. The molecule has 34 heavy (non-hydrogen) atoms. The van der Waals surface area contributed by atoms with Crippen LogP contribution >= 0.6 is 11.8 Å². The predicted octanol–water partition coefficient (Wildman–Crippen LogP) is -1.27. The number of rotatable bonds is 6. The van der Waals surface area contributed by atoms with E-state index in [1.54, 1.807) is 6.92 Å². The molecule has 4 aliphatic heterocycles. The maximum atomic E-state index is 12.4. The zero-order chi connectivity index (χ0) is 25.3. The number of fused-ring (bicyclic) bond motifs is 1. The minimum Gasteiger partial charge on any atom is -0.477 e. The van der Waals surface area contributed by atoms with Crippen LogP contribution in [-0.2, 0) is 19.2 Å². The second-order valence-corrected chi connectivity index (χ2v) is 10.5. The summed E-state index contributed by atoms with van der Waals surface area (Å²) < 4.78 is 0. The van der Waals surface area contributed by atoms with Gasteiger partial charge < -0.3 is 41.1 Å². The fraction of sp³-hybridized carbons (Fsp3) is 0.714. The van der Waals surface area contributed by atoms with Gasteiger partial charge in [0.25, 0.3) is 0 Å². The minimum absolute atomic E-state index is 0.0110. The van der Waals surface area contributed by atoms with Crippen LogP contribution in [-0.4, -0.2) is 103 Å². The molecule has 0 spiro atoms. The van der Waals surface area contributed by atoms with Gasteiger partial charge in [0.15, 0.2) is 0 Å². The van der Waals surface area contributed by atoms with Crippen molar-refractivity contribution in [3.05, 3.63) is 10.6 Å². The van der Waals surface area contributed by atoms with Crippen LogP contribution in [0.15, 0.2) is 10.6 Å². The standard InChI is InChI=1S/C19H29N3O5S.C2H2O4/c1-8-14-13(9(2)23)18(25)22(14)15(19(26)27)17(8)28-11-5-12(21-7-11)16(24)10-3-4-20-6-10;3-1(4)2(5)6/h8-14,16,20-21,23-24H,3-7H2,1-2H3,(H,26,27);(H,3,4)(H,5,6)/t8-,9-,10-,11+,12+,13-,14-,16-;/m1./s1. The number of carboxylic acids is 3. The van der Waals surface area contributed by atoms with E-state index >= 15 is 0 Å². The Balaban J connectivity index is 0.000000481. The number of nitrogens with zero attached hydrogens (tertiary/aromatic N) is 1. The van der Waals surface area contributed by atoms with Crippen LogP contribution in [0.5, 0.6) is 0 Å². The molecule has 12 nitrogen and oxygen atoms in total. The Morgan fingerprint density at radius 2 is 1.76 bits per heavy atom. The molecule has 0 saturated carbocycles. The number of hydrogen-bond donors (Lipinski definition) is 7. The molecule has 3 saturated heterocycles. The van der Waals surface area contributed by atoms with Crippen LogP contribution in [0.25, 0.3) is 0 Å². The molecule has 0 aromatic carbocycles. The van der Waals surface area contributed by atoms with Crippen molar-refractivity contribution < 1.29 is 44.7 Å². The normalized spacial score (nSPS) is 34.1. The van der Waals surface area contributed by atoms with Crippen LogP contribution in [0, 0.1) is 17.8 Å². The number of carboxylic acid groups (broad SMARTS) is 3. The van der Waals surface area contributed by atoms with Gasteiger partial charge in [-0.05, 0) is 26.3 Å². The summed E-state index contributed by atoms with van der Waals surface area (Å²) in [5.74, 6) is -5.43. The predicted molar refractivity (Wildman–Crippen MR) is 120 cm³/mol. The first kappa shape index (κ1) is 26.4. The molecule has 3 fully saturated rings. The van der Waals surface area contributed by atoms with Crippen molar-refractivity contribution in [1.29, 1.82) is 0 Å². The Bertz CT molecular complexity index is 862. The Morgan fingerprint density at radius 1 is 1.12 bits per heavy atom. The van der Waals surface area contributed by atoms with Gasteiger partial charge in [-0.3, -0.25) is 4.79 Å². The number of aliphatic carboxylic acids is 3. The van der Waals surface area contributed by atoms with E-state index < -0.39 is 36.0 Å². The van der Waals surface area contributed by atoms with Gasteiger partial charge in [0.1, 0.15) is 5.70 Å². The highest BCUT2D eigenvalue weighted by Gasteiger charge is 2.60. The van der Waals surface area contributed by atoms with Gasteiger partial charge in [0, 0.05) is 41.1 Å². The van der Waals surface area contributed by atoms with Gasteiger partial charge in [0.05, 0.1) is 24.2 Å². The van der Waals surface area contributed by atoms with E-state index in [0.29, 0.717) is 6.54 Å². The SMILES string of the molecule is C[C@@H](O)[C@H]1C(=O)N2C(C(=O)O)=C(S[C@@H]3CN[C@H]([C@H](O)[C@@H]4CCNC4)C3)[C@H](C)[C@H]12.O=C(O)C(=O)O. The Labute approximate surface area is 200 Å². The number of hydrogen-bond acceptors (Lipinski definition) is 9. The summed E-state index contributed by atoms with van der Waals surface area (Å²) in [7, 11) is 0. The van der Waals surface area contributed by atoms with Gasteiger partial charge in [-0.15, -0.1) is 11.8 Å². The first-order chi connectivity index (χ1) is 16.0. The number of amides is 1. The van der Waals surface area contributed by atoms with Crippen LogP contribution in [0.4, 0.5) is 0 Å². The van der Waals surface area contributed by atoms with E-state index in [1.165, 1.54) is 16.7 Å². The molecule has 1 amide bonds. The highest BCUT2D eigenvalue weighted by atomic mass is 32.2. The quantitative estimate of drug-likeness (QED) is 0.169. The van der Waals surface area contributed by atoms with Crippen molar-refractivity contribution in [2.45, 2.75) is 56.2 Å². The van der Waals surface area contributed by atoms with E-state index in [0.717, 1.165) is 30.8 Å². The van der Waals surface area contributed by atoms with Crippen molar-refractivity contribution in [2.24, 2.45) is 17.8 Å². The number of carbonyl (C=O) groups is 4. The highest BCUT2D eigenvalue weighted by Crippen LogP contribution is 2.51. The molecule has 0 aromatic heterocycles. The average molecular weight is 502 g/mol. The second-order valence-electron chi connectivity index (χ2n) is 9.12. The zero-order valence-corrected chi connectivity index (χ0v) is 19.7. The van der Waals surface area contributed by atoms with E-state index in [9.17, 15) is 24.9 Å². The molecule has 0 aromatic rings. The van der Waals surface area contributed by atoms with Crippen LogP contribution in [0.1, 0.15) is 26.7 Å². The van der Waals surface area contributed by atoms with Crippen molar-refractivity contribution in [1.82, 2.24) is 15.5 Å². The molecule has 7 N–H and O–H groups in total. The molecule has 0 unspecified atom stereocenters. The minimum atomic E-state index is -1.82. The third kappa shape index (κ3) is 5.08. The number of β-lactam (4-membered cyclic amide) rings is 1. The lowest BCUT2D eigenvalue weighted by molar-refractivity contribution is -0.163. The Kier molecular flexibility index (Phi) is 8.24. The summed E-state index contributed by atoms with van der Waals surface area (Å²) in [6.07, 6.45) is 0.547. The highest BCUT2D eigenvalue weighted by molar-refractivity contribution is 8.03. The maximum Gasteiger partial charge on any atom is 0.414 e. The van der Waals surface area contributed by atoms with Gasteiger partial charge in [-0.25, -0.2) is 14.4 Å². The van der Waals surface area contributed by atoms with Crippen molar-refractivity contribution in [3.63, 3.8) is 0 Å². The Hall–Kier alpha value is -2.19. The molecule has 0 bridgehead atoms. The number of carbonyl (C=O) groups excluding carboxylic acids is 1. The van der Waals surface area contributed by atoms with Crippen LogP contribution < -0.4 is 10.6 Å². The number of nitrogens with one attached hydrogen (secondary N) is 2. The fourth-order valence-corrected chi connectivity index (χ4v) is 6.73. The van der Waals surface area contributed by atoms with Gasteiger partial charge >= 0.3 is 17.9 Å². The molecule has 0 radical (unpaired) electrons. The smallest absolute Gasteiger partial charge is 0.414 e. The molecular weight excluding hydrogens is 470 g/mol. The lowest BCUT2D eigenvalue weighted by Crippen LogP contribution is -2.63. The number of aliphatic hydroxyl groups is 2. The number of aliphatic hydroxyl groups excluding tert-OH is 2. The zero-order valence-electron chi connectivity index (χ0n) is 18.9. The third-order valence-electron chi connectivity index (χ3n) is 6.91. The van der Waals surface area contributed by atoms with Gasteiger partial charge in [0.2, 0.25) is 5.91 Å². The molecule has 0 aliphatic carbocycles. The van der Waals surface area contributed by atoms with E-state index in [4.69, 9.17) is 19.8 Å². The second kappa shape index (κ2) is 10.6. The lowest BCUT2D eigenvalue weighted by Gasteiger charge is -2.46. The van der Waals surface area contributed by atoms with Gasteiger partial charge in [-0.2, -0.15) is 0 Å². The van der Waals surface area contributed by atoms with Crippen molar-refractivity contribution in [3.8, 4) is 0 Å². The summed E-state index contributed by atoms with van der Waals surface area (Å²) in [6, 6.07) is -0.265. The molecule has 4 aliphatic rings. The molecule has 13 heteroatoms. The summed E-state index contributed by atoms with van der Waals surface area (Å²) in [5.41, 5.74) is 0.0772. The van der Waals surface area contributed by atoms with Gasteiger partial charge in [-0.1, -0.05) is 6.92 Å². The maximum absolute atomic E-state index is 12.4. The van der Waals surface area contributed by atoms with E-state index in [1.807, 2.05) is 6.92 Å². The molecular formula is C21H31N3O9S. The summed E-state index contributed by atoms with van der Waals surface area (Å²) >= 11 is 1.52. The number of thioether (sulfide) groups is 1. The first-order valence-corrected chi connectivity index (χ1v) is 12.1. The average Bonchev–Trinajstić information content (AvgIpc) is 3.48. The molecule has 4 rings (SSSR count). The van der Waals surface area contributed by atoms with Crippen molar-refractivity contribution in [2.75, 3.05) is 19.6 Å². The summed E-state index contributed by atoms with van der Waals surface area (Å²) in [6.45, 7) is 6.00. The van der Waals surface area contributed by atoms with Crippen molar-refractivity contribution >= 4 is 35.6 Å².